The Labute approximate surface area is 95.9 Å². The summed E-state index contributed by atoms with van der Waals surface area (Å²) in [4.78, 5) is 15.9. The molecule has 0 spiro atoms. The van der Waals surface area contributed by atoms with Crippen LogP contribution in [0.5, 0.6) is 0 Å². The van der Waals surface area contributed by atoms with Crippen LogP contribution in [0, 0.1) is 0 Å². The number of hydrogen-bond acceptors (Lipinski definition) is 3. The molecule has 88 valence electrons. The van der Waals surface area contributed by atoms with E-state index in [1.807, 2.05) is 17.8 Å². The monoisotopic (exact) mass is 221 g/mol. The van der Waals surface area contributed by atoms with Gasteiger partial charge in [-0.25, -0.2) is 4.98 Å². The summed E-state index contributed by atoms with van der Waals surface area (Å²) in [5, 5.41) is 0. The van der Waals surface area contributed by atoms with Gasteiger partial charge in [-0.15, -0.1) is 0 Å². The highest BCUT2D eigenvalue weighted by Gasteiger charge is 2.34. The molecule has 1 fully saturated rings. The van der Waals surface area contributed by atoms with Crippen molar-refractivity contribution in [2.24, 2.45) is 12.8 Å². The Hall–Kier alpha value is -1.16. The molecule has 1 saturated carbocycles. The Morgan fingerprint density at radius 3 is 2.88 bits per heavy atom. The first-order chi connectivity index (χ1) is 7.59. The standard InChI is InChI=1S/C12H19N3O/c1-15-8-7-14-11(15)4-3-10(16)9-12(13)5-2-6-12/h7-8H,2-6,9,13H2,1H3. The third kappa shape index (κ3) is 2.50. The number of Topliss-reactive ketones (excluding diaryl/α,β-unsaturated/α-hetero) is 1. The molecule has 0 aromatic carbocycles. The molecule has 0 radical (unpaired) electrons. The third-order valence-corrected chi connectivity index (χ3v) is 3.45. The smallest absolute Gasteiger partial charge is 0.135 e. The van der Waals surface area contributed by atoms with Gasteiger partial charge >= 0.3 is 0 Å². The predicted octanol–water partition coefficient (Wildman–Crippen LogP) is 1.19. The Kier molecular flexibility index (Phi) is 3.10. The van der Waals surface area contributed by atoms with Crippen LogP contribution in [-0.4, -0.2) is 20.9 Å². The normalized spacial score (nSPS) is 18.1. The highest BCUT2D eigenvalue weighted by atomic mass is 16.1. The minimum Gasteiger partial charge on any atom is -0.338 e. The fourth-order valence-corrected chi connectivity index (χ4v) is 2.18. The van der Waals surface area contributed by atoms with Gasteiger partial charge in [0.2, 0.25) is 0 Å². The van der Waals surface area contributed by atoms with E-state index in [1.54, 1.807) is 6.20 Å². The molecule has 4 heteroatoms. The molecule has 1 aromatic heterocycles. The lowest BCUT2D eigenvalue weighted by Gasteiger charge is -2.37. The zero-order chi connectivity index (χ0) is 11.6. The molecule has 2 N–H and O–H groups in total. The van der Waals surface area contributed by atoms with Crippen molar-refractivity contribution in [3.8, 4) is 0 Å². The van der Waals surface area contributed by atoms with Crippen LogP contribution in [0.1, 0.15) is 37.9 Å². The zero-order valence-corrected chi connectivity index (χ0v) is 9.78. The predicted molar refractivity (Wildman–Crippen MR) is 61.9 cm³/mol. The molecule has 1 aromatic rings. The topological polar surface area (TPSA) is 60.9 Å². The first-order valence-corrected chi connectivity index (χ1v) is 5.86. The zero-order valence-electron chi connectivity index (χ0n) is 9.78. The summed E-state index contributed by atoms with van der Waals surface area (Å²) >= 11 is 0. The second-order valence-corrected chi connectivity index (χ2v) is 4.89. The van der Waals surface area contributed by atoms with Gasteiger partial charge in [-0.05, 0) is 19.3 Å². The van der Waals surface area contributed by atoms with Crippen molar-refractivity contribution in [3.05, 3.63) is 18.2 Å². The third-order valence-electron chi connectivity index (χ3n) is 3.45. The Balaban J connectivity index is 1.78. The number of aryl methyl sites for hydroxylation is 2. The SMILES string of the molecule is Cn1ccnc1CCC(=O)CC1(N)CCC1. The second kappa shape index (κ2) is 4.37. The number of ketones is 1. The van der Waals surface area contributed by atoms with Crippen LogP contribution in [0.2, 0.25) is 0 Å². The molecule has 0 bridgehead atoms. The van der Waals surface area contributed by atoms with E-state index < -0.39 is 0 Å². The van der Waals surface area contributed by atoms with Gasteiger partial charge in [0.05, 0.1) is 0 Å². The summed E-state index contributed by atoms with van der Waals surface area (Å²) < 4.78 is 1.95. The summed E-state index contributed by atoms with van der Waals surface area (Å²) in [6.07, 6.45) is 8.65. The van der Waals surface area contributed by atoms with Crippen LogP contribution in [0.25, 0.3) is 0 Å². The highest BCUT2D eigenvalue weighted by molar-refractivity contribution is 5.79. The van der Waals surface area contributed by atoms with E-state index in [9.17, 15) is 4.79 Å². The molecular formula is C12H19N3O. The molecule has 16 heavy (non-hydrogen) atoms. The first kappa shape index (κ1) is 11.3. The quantitative estimate of drug-likeness (QED) is 0.812. The van der Waals surface area contributed by atoms with Crippen LogP contribution < -0.4 is 5.73 Å². The average molecular weight is 221 g/mol. The maximum Gasteiger partial charge on any atom is 0.135 e. The molecule has 0 aliphatic heterocycles. The van der Waals surface area contributed by atoms with Crippen LogP contribution >= 0.6 is 0 Å². The van der Waals surface area contributed by atoms with E-state index in [4.69, 9.17) is 5.73 Å². The fraction of sp³-hybridized carbons (Fsp3) is 0.667. The van der Waals surface area contributed by atoms with Crippen molar-refractivity contribution in [1.29, 1.82) is 0 Å². The number of aromatic nitrogens is 2. The minimum absolute atomic E-state index is 0.182. The largest absolute Gasteiger partial charge is 0.338 e. The van der Waals surface area contributed by atoms with E-state index >= 15 is 0 Å². The summed E-state index contributed by atoms with van der Waals surface area (Å²) in [5.41, 5.74) is 5.86. The summed E-state index contributed by atoms with van der Waals surface area (Å²) in [6, 6.07) is 0. The number of imidazole rings is 1. The summed E-state index contributed by atoms with van der Waals surface area (Å²) in [7, 11) is 1.95. The number of carbonyl (C=O) groups is 1. The first-order valence-electron chi connectivity index (χ1n) is 5.86. The van der Waals surface area contributed by atoms with Crippen molar-refractivity contribution in [2.75, 3.05) is 0 Å². The molecule has 0 unspecified atom stereocenters. The van der Waals surface area contributed by atoms with Crippen LogP contribution in [0.15, 0.2) is 12.4 Å². The lowest BCUT2D eigenvalue weighted by Crippen LogP contribution is -2.48. The van der Waals surface area contributed by atoms with E-state index in [0.29, 0.717) is 12.8 Å². The summed E-state index contributed by atoms with van der Waals surface area (Å²) in [5.74, 6) is 1.23. The van der Waals surface area contributed by atoms with Gasteiger partial charge in [0, 0.05) is 44.2 Å². The van der Waals surface area contributed by atoms with Gasteiger partial charge in [-0.3, -0.25) is 4.79 Å². The van der Waals surface area contributed by atoms with Crippen molar-refractivity contribution < 1.29 is 4.79 Å². The molecule has 1 aliphatic carbocycles. The molecule has 2 rings (SSSR count). The van der Waals surface area contributed by atoms with Crippen molar-refractivity contribution in [2.45, 2.75) is 44.1 Å². The second-order valence-electron chi connectivity index (χ2n) is 4.89. The average Bonchev–Trinajstić information content (AvgIpc) is 2.59. The maximum atomic E-state index is 11.7. The van der Waals surface area contributed by atoms with Gasteiger partial charge in [-0.2, -0.15) is 0 Å². The molecule has 0 amide bonds. The lowest BCUT2D eigenvalue weighted by molar-refractivity contribution is -0.120. The van der Waals surface area contributed by atoms with E-state index in [-0.39, 0.29) is 11.3 Å². The highest BCUT2D eigenvalue weighted by Crippen LogP contribution is 2.32. The molecule has 0 atom stereocenters. The van der Waals surface area contributed by atoms with Crippen molar-refractivity contribution in [1.82, 2.24) is 9.55 Å². The van der Waals surface area contributed by atoms with Gasteiger partial charge in [0.25, 0.3) is 0 Å². The van der Waals surface area contributed by atoms with Gasteiger partial charge in [0.1, 0.15) is 11.6 Å². The number of rotatable bonds is 5. The van der Waals surface area contributed by atoms with Crippen LogP contribution in [0.3, 0.4) is 0 Å². The van der Waals surface area contributed by atoms with Gasteiger partial charge in [0.15, 0.2) is 0 Å². The molecule has 4 nitrogen and oxygen atoms in total. The minimum atomic E-state index is -0.182. The number of carbonyl (C=O) groups excluding carboxylic acids is 1. The number of hydrogen-bond donors (Lipinski definition) is 1. The number of nitrogens with zero attached hydrogens (tertiary/aromatic N) is 2. The van der Waals surface area contributed by atoms with Gasteiger partial charge < -0.3 is 10.3 Å². The Morgan fingerprint density at radius 1 is 1.62 bits per heavy atom. The molecule has 1 heterocycles. The Morgan fingerprint density at radius 2 is 2.38 bits per heavy atom. The van der Waals surface area contributed by atoms with Gasteiger partial charge in [-0.1, -0.05) is 0 Å². The molecule has 0 saturated heterocycles. The van der Waals surface area contributed by atoms with E-state index in [0.717, 1.165) is 25.1 Å². The maximum absolute atomic E-state index is 11.7. The lowest BCUT2D eigenvalue weighted by atomic mass is 9.74. The molecule has 1 aliphatic rings. The van der Waals surface area contributed by atoms with Crippen molar-refractivity contribution >= 4 is 5.78 Å². The number of nitrogens with two attached hydrogens (primary N) is 1. The van der Waals surface area contributed by atoms with Crippen molar-refractivity contribution in [3.63, 3.8) is 0 Å². The van der Waals surface area contributed by atoms with Crippen LogP contribution in [-0.2, 0) is 18.3 Å². The van der Waals surface area contributed by atoms with E-state index in [2.05, 4.69) is 4.98 Å². The van der Waals surface area contributed by atoms with Crippen LogP contribution in [0.4, 0.5) is 0 Å². The fourth-order valence-electron chi connectivity index (χ4n) is 2.18. The van der Waals surface area contributed by atoms with E-state index in [1.165, 1.54) is 6.42 Å². The Bertz CT molecular complexity index is 379. The summed E-state index contributed by atoms with van der Waals surface area (Å²) in [6.45, 7) is 0. The molecular weight excluding hydrogens is 202 g/mol.